The number of carbonyl (C=O) groups is 1. The van der Waals surface area contributed by atoms with Crippen molar-refractivity contribution >= 4 is 11.5 Å². The van der Waals surface area contributed by atoms with E-state index in [1.165, 1.54) is 6.07 Å². The number of benzene rings is 1. The van der Waals surface area contributed by atoms with Gasteiger partial charge in [-0.2, -0.15) is 5.26 Å². The van der Waals surface area contributed by atoms with Gasteiger partial charge in [0.05, 0.1) is 17.6 Å². The number of rotatable bonds is 2. The van der Waals surface area contributed by atoms with Gasteiger partial charge in [-0.05, 0) is 24.3 Å². The SMILES string of the molecule is N#C/C(=C\C(=O)[O-])c1cc(F)ccc1F.[K+]. The van der Waals surface area contributed by atoms with Gasteiger partial charge in [-0.1, -0.05) is 0 Å². The van der Waals surface area contributed by atoms with Gasteiger partial charge in [-0.3, -0.25) is 0 Å². The average molecular weight is 247 g/mol. The summed E-state index contributed by atoms with van der Waals surface area (Å²) in [7, 11) is 0. The molecule has 3 nitrogen and oxygen atoms in total. The van der Waals surface area contributed by atoms with E-state index in [9.17, 15) is 18.7 Å². The van der Waals surface area contributed by atoms with Crippen molar-refractivity contribution in [2.24, 2.45) is 0 Å². The largest absolute Gasteiger partial charge is 1.00 e. The molecule has 0 aliphatic heterocycles. The Bertz CT molecular complexity index is 480. The molecular weight excluding hydrogens is 243 g/mol. The van der Waals surface area contributed by atoms with Crippen LogP contribution in [0.5, 0.6) is 0 Å². The molecule has 0 amide bonds. The minimum absolute atomic E-state index is 0. The second-order valence-electron chi connectivity index (χ2n) is 2.61. The number of hydrogen-bond acceptors (Lipinski definition) is 3. The molecular formula is C10H4F2KNO2. The molecule has 0 radical (unpaired) electrons. The molecule has 0 heterocycles. The van der Waals surface area contributed by atoms with Crippen molar-refractivity contribution < 1.29 is 70.1 Å². The van der Waals surface area contributed by atoms with Crippen molar-refractivity contribution in [1.29, 1.82) is 5.26 Å². The Morgan fingerprint density at radius 2 is 2.06 bits per heavy atom. The van der Waals surface area contributed by atoms with Gasteiger partial charge in [0.1, 0.15) is 11.6 Å². The van der Waals surface area contributed by atoms with Gasteiger partial charge in [-0.15, -0.1) is 0 Å². The molecule has 76 valence electrons. The Kier molecular flexibility index (Phi) is 6.63. The van der Waals surface area contributed by atoms with Crippen LogP contribution in [0.2, 0.25) is 0 Å². The van der Waals surface area contributed by atoms with Crippen LogP contribution in [0.15, 0.2) is 24.3 Å². The maximum atomic E-state index is 13.1. The molecule has 1 rings (SSSR count). The van der Waals surface area contributed by atoms with Gasteiger partial charge >= 0.3 is 51.4 Å². The second kappa shape index (κ2) is 6.88. The Morgan fingerprint density at radius 3 is 2.56 bits per heavy atom. The van der Waals surface area contributed by atoms with Crippen LogP contribution in [-0.2, 0) is 4.79 Å². The van der Waals surface area contributed by atoms with Crippen LogP contribution >= 0.6 is 0 Å². The summed E-state index contributed by atoms with van der Waals surface area (Å²) >= 11 is 0. The molecule has 1 aromatic carbocycles. The first-order valence-electron chi connectivity index (χ1n) is 3.83. The number of halogens is 2. The number of carboxylic acid groups (broad SMARTS) is 1. The average Bonchev–Trinajstić information content (AvgIpc) is 2.18. The van der Waals surface area contributed by atoms with Crippen LogP contribution in [0.3, 0.4) is 0 Å². The van der Waals surface area contributed by atoms with E-state index < -0.39 is 28.7 Å². The van der Waals surface area contributed by atoms with Crippen molar-refractivity contribution in [3.05, 3.63) is 41.5 Å². The Morgan fingerprint density at radius 1 is 1.44 bits per heavy atom. The summed E-state index contributed by atoms with van der Waals surface area (Å²) in [6, 6.07) is 3.87. The van der Waals surface area contributed by atoms with Crippen molar-refractivity contribution in [2.75, 3.05) is 0 Å². The van der Waals surface area contributed by atoms with E-state index in [0.29, 0.717) is 6.08 Å². The number of nitrogens with zero attached hydrogens (tertiary/aromatic N) is 1. The predicted molar refractivity (Wildman–Crippen MR) is 45.0 cm³/mol. The third kappa shape index (κ3) is 4.12. The van der Waals surface area contributed by atoms with E-state index in [1.54, 1.807) is 0 Å². The van der Waals surface area contributed by atoms with Crippen LogP contribution in [0, 0.1) is 23.0 Å². The monoisotopic (exact) mass is 247 g/mol. The van der Waals surface area contributed by atoms with Gasteiger partial charge in [0, 0.05) is 5.56 Å². The van der Waals surface area contributed by atoms with Crippen LogP contribution < -0.4 is 56.5 Å². The van der Waals surface area contributed by atoms with Crippen LogP contribution in [0.1, 0.15) is 5.56 Å². The standard InChI is InChI=1S/C10H5F2NO2.K/c11-7-1-2-9(12)8(4-7)6(5-13)3-10(14)15;/h1-4H,(H,14,15);/q;+1/p-1/b6-3+;. The summed E-state index contributed by atoms with van der Waals surface area (Å²) in [5.74, 6) is -3.27. The van der Waals surface area contributed by atoms with E-state index in [2.05, 4.69) is 0 Å². The molecule has 6 heteroatoms. The second-order valence-corrected chi connectivity index (χ2v) is 2.61. The molecule has 0 bridgehead atoms. The molecule has 0 aliphatic rings. The van der Waals surface area contributed by atoms with Gasteiger partial charge in [0.2, 0.25) is 0 Å². The van der Waals surface area contributed by atoms with E-state index in [0.717, 1.165) is 18.2 Å². The van der Waals surface area contributed by atoms with Gasteiger partial charge in [-0.25, -0.2) is 8.78 Å². The Labute approximate surface area is 133 Å². The fraction of sp³-hybridized carbons (Fsp3) is 0. The third-order valence-electron chi connectivity index (χ3n) is 1.60. The molecule has 0 unspecified atom stereocenters. The van der Waals surface area contributed by atoms with E-state index in [-0.39, 0.29) is 51.4 Å². The number of nitriles is 1. The van der Waals surface area contributed by atoms with Crippen LogP contribution in [0.4, 0.5) is 8.78 Å². The first kappa shape index (κ1) is 15.4. The van der Waals surface area contributed by atoms with Crippen LogP contribution in [0.25, 0.3) is 5.57 Å². The zero-order valence-electron chi connectivity index (χ0n) is 8.33. The number of carboxylic acids is 1. The number of carbonyl (C=O) groups excluding carboxylic acids is 1. The number of hydrogen-bond donors (Lipinski definition) is 0. The molecule has 0 atom stereocenters. The molecule has 0 aliphatic carbocycles. The number of aliphatic carboxylic acids is 1. The van der Waals surface area contributed by atoms with Crippen molar-refractivity contribution in [1.82, 2.24) is 0 Å². The third-order valence-corrected chi connectivity index (χ3v) is 1.60. The molecule has 16 heavy (non-hydrogen) atoms. The zero-order valence-corrected chi connectivity index (χ0v) is 11.5. The first-order chi connectivity index (χ1) is 7.04. The van der Waals surface area contributed by atoms with Gasteiger partial charge < -0.3 is 9.90 Å². The van der Waals surface area contributed by atoms with Gasteiger partial charge in [0.25, 0.3) is 0 Å². The summed E-state index contributed by atoms with van der Waals surface area (Å²) in [6.07, 6.45) is 0.415. The predicted octanol–water partition coefficient (Wildman–Crippen LogP) is -2.37. The topological polar surface area (TPSA) is 63.9 Å². The van der Waals surface area contributed by atoms with Crippen molar-refractivity contribution in [2.45, 2.75) is 0 Å². The Hall–Kier alpha value is -0.584. The first-order valence-corrected chi connectivity index (χ1v) is 3.83. The summed E-state index contributed by atoms with van der Waals surface area (Å²) < 4.78 is 25.8. The van der Waals surface area contributed by atoms with E-state index in [4.69, 9.17) is 5.26 Å². The fourth-order valence-electron chi connectivity index (χ4n) is 0.992. The minimum Gasteiger partial charge on any atom is -0.545 e. The van der Waals surface area contributed by atoms with Gasteiger partial charge in [0.15, 0.2) is 0 Å². The normalized spacial score (nSPS) is 10.2. The minimum atomic E-state index is -1.64. The summed E-state index contributed by atoms with van der Waals surface area (Å²) in [6.45, 7) is 0. The van der Waals surface area contributed by atoms with Crippen molar-refractivity contribution in [3.8, 4) is 6.07 Å². The van der Waals surface area contributed by atoms with E-state index in [1.807, 2.05) is 0 Å². The number of allylic oxidation sites excluding steroid dienone is 1. The molecule has 0 fully saturated rings. The fourth-order valence-corrected chi connectivity index (χ4v) is 0.992. The molecule has 0 saturated heterocycles. The summed E-state index contributed by atoms with van der Waals surface area (Å²) in [5.41, 5.74) is -0.895. The Balaban J connectivity index is 0.00000225. The quantitative estimate of drug-likeness (QED) is 0.333. The molecule has 0 saturated carbocycles. The zero-order chi connectivity index (χ0) is 11.4. The smallest absolute Gasteiger partial charge is 0.545 e. The molecule has 0 spiro atoms. The van der Waals surface area contributed by atoms with Crippen molar-refractivity contribution in [3.63, 3.8) is 0 Å². The maximum Gasteiger partial charge on any atom is 1.00 e. The summed E-state index contributed by atoms with van der Waals surface area (Å²) in [4.78, 5) is 10.2. The molecule has 0 N–H and O–H groups in total. The summed E-state index contributed by atoms with van der Waals surface area (Å²) in [5, 5.41) is 18.7. The van der Waals surface area contributed by atoms with Crippen LogP contribution in [-0.4, -0.2) is 5.97 Å². The molecule has 1 aromatic rings. The van der Waals surface area contributed by atoms with E-state index >= 15 is 0 Å². The molecule has 0 aromatic heterocycles. The maximum absolute atomic E-state index is 13.1.